The standard InChI is InChI=1S/C95H85N3O6/c1-61-18-36-80(37-19-61)96(81-38-20-62(2)21-39-81)86-48-30-74(31-49-86)92(99)102-89-67(7)54-77(55-68(89)8)95(60-73-16-14-13-15-17-73,78-56-69(9)90(70(10)57-78)103-93(100)75-32-50-87(51-33-75)97(82-40-22-63(3)23-41-82)83-42-24-64(4)25-43-83)79-58-71(11)91(72(12)59-79)104-94(101)76-34-52-88(53-35-76)98(84-44-26-65(5)27-45-84)85-46-28-66(6)29-47-85/h13-59H,60H2,1-12H3. The molecule has 516 valence electrons. The van der Waals surface area contributed by atoms with E-state index in [1.54, 1.807) is 0 Å². The molecule has 0 bridgehead atoms. The van der Waals surface area contributed by atoms with Gasteiger partial charge >= 0.3 is 17.9 Å². The highest BCUT2D eigenvalue weighted by Gasteiger charge is 2.40. The van der Waals surface area contributed by atoms with Crippen molar-refractivity contribution in [3.05, 3.63) is 391 Å². The quantitative estimate of drug-likeness (QED) is 0.0420. The molecule has 13 aromatic carbocycles. The number of hydrogen-bond acceptors (Lipinski definition) is 9. The fraction of sp³-hybridized carbons (Fsp3) is 0.147. The summed E-state index contributed by atoms with van der Waals surface area (Å²) in [6.07, 6.45) is 0.472. The third-order valence-corrected chi connectivity index (χ3v) is 19.6. The summed E-state index contributed by atoms with van der Waals surface area (Å²) in [5.41, 5.74) is 24.2. The van der Waals surface area contributed by atoms with E-state index >= 15 is 0 Å². The van der Waals surface area contributed by atoms with Crippen LogP contribution in [0.15, 0.2) is 285 Å². The molecular weight excluding hydrogens is 1280 g/mol. The van der Waals surface area contributed by atoms with E-state index in [0.29, 0.717) is 40.4 Å². The molecule has 0 aliphatic carbocycles. The molecule has 0 aliphatic heterocycles. The molecule has 0 heterocycles. The first-order valence-corrected chi connectivity index (χ1v) is 35.3. The van der Waals surface area contributed by atoms with E-state index in [-0.39, 0.29) is 0 Å². The lowest BCUT2D eigenvalue weighted by molar-refractivity contribution is 0.0723. The molecule has 0 fully saturated rings. The second kappa shape index (κ2) is 30.1. The van der Waals surface area contributed by atoms with Gasteiger partial charge in [0.1, 0.15) is 17.2 Å². The van der Waals surface area contributed by atoms with E-state index in [4.69, 9.17) is 14.2 Å². The lowest BCUT2D eigenvalue weighted by Gasteiger charge is -2.38. The average molecular weight is 1360 g/mol. The maximum absolute atomic E-state index is 14.6. The van der Waals surface area contributed by atoms with E-state index in [9.17, 15) is 14.4 Å². The lowest BCUT2D eigenvalue weighted by Crippen LogP contribution is -2.33. The van der Waals surface area contributed by atoms with Crippen LogP contribution in [0.3, 0.4) is 0 Å². The van der Waals surface area contributed by atoms with Crippen LogP contribution in [0, 0.1) is 83.1 Å². The Morgan fingerprint density at radius 1 is 0.250 bits per heavy atom. The van der Waals surface area contributed by atoms with Gasteiger partial charge in [0.05, 0.1) is 16.7 Å². The second-order valence-electron chi connectivity index (χ2n) is 27.7. The van der Waals surface area contributed by atoms with Gasteiger partial charge in [0.15, 0.2) is 0 Å². The van der Waals surface area contributed by atoms with Gasteiger partial charge < -0.3 is 28.9 Å². The van der Waals surface area contributed by atoms with Crippen LogP contribution in [0.4, 0.5) is 51.2 Å². The van der Waals surface area contributed by atoms with Gasteiger partial charge in [-0.15, -0.1) is 0 Å². The van der Waals surface area contributed by atoms with Crippen molar-refractivity contribution in [1.82, 2.24) is 0 Å². The molecule has 9 heteroatoms. The van der Waals surface area contributed by atoms with Crippen molar-refractivity contribution in [2.75, 3.05) is 14.7 Å². The number of benzene rings is 13. The molecule has 104 heavy (non-hydrogen) atoms. The summed E-state index contributed by atoms with van der Waals surface area (Å²) in [7, 11) is 0. The Morgan fingerprint density at radius 3 is 0.625 bits per heavy atom. The number of nitrogens with zero attached hydrogens (tertiary/aromatic N) is 3. The molecule has 0 radical (unpaired) electrons. The maximum Gasteiger partial charge on any atom is 0.343 e. The molecule has 0 amide bonds. The molecule has 0 spiro atoms. The van der Waals surface area contributed by atoms with Crippen LogP contribution in [-0.4, -0.2) is 17.9 Å². The minimum Gasteiger partial charge on any atom is -0.422 e. The van der Waals surface area contributed by atoms with E-state index in [1.807, 2.05) is 120 Å². The van der Waals surface area contributed by atoms with Crippen molar-refractivity contribution in [1.29, 1.82) is 0 Å². The van der Waals surface area contributed by atoms with Crippen molar-refractivity contribution >= 4 is 69.1 Å². The van der Waals surface area contributed by atoms with Crippen molar-refractivity contribution in [2.45, 2.75) is 94.9 Å². The van der Waals surface area contributed by atoms with Gasteiger partial charge in [0.2, 0.25) is 0 Å². The van der Waals surface area contributed by atoms with E-state index in [1.165, 1.54) is 0 Å². The Balaban J connectivity index is 0.865. The topological polar surface area (TPSA) is 88.6 Å². The van der Waals surface area contributed by atoms with E-state index in [0.717, 1.165) is 140 Å². The van der Waals surface area contributed by atoms with Crippen LogP contribution < -0.4 is 28.9 Å². The van der Waals surface area contributed by atoms with Crippen molar-refractivity contribution in [3.63, 3.8) is 0 Å². The van der Waals surface area contributed by atoms with Crippen LogP contribution in [0.1, 0.15) is 120 Å². The van der Waals surface area contributed by atoms with Crippen LogP contribution in [0.2, 0.25) is 0 Å². The minimum atomic E-state index is -0.987. The molecule has 0 aromatic heterocycles. The number of anilines is 9. The lowest BCUT2D eigenvalue weighted by atomic mass is 9.64. The Hall–Kier alpha value is -12.3. The first-order valence-electron chi connectivity index (χ1n) is 35.3. The molecule has 0 saturated carbocycles. The second-order valence-corrected chi connectivity index (χ2v) is 27.7. The zero-order chi connectivity index (χ0) is 72.9. The molecule has 13 rings (SSSR count). The van der Waals surface area contributed by atoms with Gasteiger partial charge in [-0.05, 0) is 291 Å². The Bertz CT molecular complexity index is 4560. The van der Waals surface area contributed by atoms with Crippen LogP contribution in [-0.2, 0) is 11.8 Å². The van der Waals surface area contributed by atoms with Crippen LogP contribution in [0.5, 0.6) is 17.2 Å². The highest BCUT2D eigenvalue weighted by Crippen LogP contribution is 2.49. The zero-order valence-corrected chi connectivity index (χ0v) is 61.1. The van der Waals surface area contributed by atoms with Gasteiger partial charge in [-0.3, -0.25) is 0 Å². The van der Waals surface area contributed by atoms with Gasteiger partial charge in [-0.2, -0.15) is 0 Å². The third-order valence-electron chi connectivity index (χ3n) is 19.6. The molecule has 13 aromatic rings. The molecule has 0 atom stereocenters. The van der Waals surface area contributed by atoms with Crippen LogP contribution >= 0.6 is 0 Å². The molecular formula is C95H85N3O6. The summed E-state index contributed by atoms with van der Waals surface area (Å²) in [5.74, 6) is -0.0846. The predicted octanol–water partition coefficient (Wildman–Crippen LogP) is 24.0. The molecule has 0 N–H and O–H groups in total. The summed E-state index contributed by atoms with van der Waals surface area (Å²) in [6, 6.07) is 96.3. The summed E-state index contributed by atoms with van der Waals surface area (Å²) < 4.78 is 19.5. The third kappa shape index (κ3) is 15.0. The van der Waals surface area contributed by atoms with E-state index in [2.05, 4.69) is 262 Å². The molecule has 9 nitrogen and oxygen atoms in total. The highest BCUT2D eigenvalue weighted by atomic mass is 16.5. The number of esters is 3. The first kappa shape index (κ1) is 70.1. The fourth-order valence-corrected chi connectivity index (χ4v) is 14.0. The highest BCUT2D eigenvalue weighted by molar-refractivity contribution is 5.95. The summed E-state index contributed by atoms with van der Waals surface area (Å²) >= 11 is 0. The number of rotatable bonds is 20. The van der Waals surface area contributed by atoms with E-state index < -0.39 is 23.3 Å². The molecule has 0 unspecified atom stereocenters. The summed E-state index contributed by atoms with van der Waals surface area (Å²) in [5, 5.41) is 0. The summed E-state index contributed by atoms with van der Waals surface area (Å²) in [6.45, 7) is 24.4. The Labute approximate surface area is 611 Å². The summed E-state index contributed by atoms with van der Waals surface area (Å²) in [4.78, 5) is 50.2. The zero-order valence-electron chi connectivity index (χ0n) is 61.1. The smallest absolute Gasteiger partial charge is 0.343 e. The number of carbonyl (C=O) groups is 3. The van der Waals surface area contributed by atoms with Gasteiger partial charge in [-0.25, -0.2) is 14.4 Å². The maximum atomic E-state index is 14.6. The van der Waals surface area contributed by atoms with Gasteiger partial charge in [-0.1, -0.05) is 173 Å². The van der Waals surface area contributed by atoms with Crippen molar-refractivity contribution in [2.24, 2.45) is 0 Å². The fourth-order valence-electron chi connectivity index (χ4n) is 14.0. The largest absolute Gasteiger partial charge is 0.422 e. The number of aryl methyl sites for hydroxylation is 12. The van der Waals surface area contributed by atoms with Gasteiger partial charge in [0.25, 0.3) is 0 Å². The Morgan fingerprint density at radius 2 is 0.433 bits per heavy atom. The normalized spacial score (nSPS) is 11.2. The number of hydrogen-bond donors (Lipinski definition) is 0. The average Bonchev–Trinajstić information content (AvgIpc) is 0.726. The Kier molecular flexibility index (Phi) is 20.3. The van der Waals surface area contributed by atoms with Crippen molar-refractivity contribution in [3.8, 4) is 17.2 Å². The monoisotopic (exact) mass is 1360 g/mol. The molecule has 0 aliphatic rings. The first-order chi connectivity index (χ1) is 50.1. The number of carbonyl (C=O) groups excluding carboxylic acids is 3. The SMILES string of the molecule is Cc1ccc(N(c2ccc(C)cc2)c2ccc(C(=O)Oc3c(C)cc(C(Cc4ccccc4)(c4cc(C)c(OC(=O)c5ccc(N(c6ccc(C)cc6)c6ccc(C)cc6)cc5)c(C)c4)c4cc(C)c(OC(=O)c5ccc(N(c6ccc(C)cc6)c6ccc(C)cc6)cc5)c(C)c4)cc3C)cc2)cc1. The molecule has 0 saturated heterocycles. The number of ether oxygens (including phenoxy) is 3. The van der Waals surface area contributed by atoms with Gasteiger partial charge in [0, 0.05) is 56.6 Å². The van der Waals surface area contributed by atoms with Crippen molar-refractivity contribution < 1.29 is 28.6 Å². The minimum absolute atomic E-state index is 0.404. The van der Waals surface area contributed by atoms with Crippen LogP contribution in [0.25, 0.3) is 0 Å². The predicted molar refractivity (Wildman–Crippen MR) is 424 cm³/mol.